The monoisotopic (exact) mass is 261 g/mol. The van der Waals surface area contributed by atoms with Gasteiger partial charge in [0.2, 0.25) is 0 Å². The van der Waals surface area contributed by atoms with Crippen molar-refractivity contribution in [3.63, 3.8) is 0 Å². The molecule has 9 heteroatoms. The summed E-state index contributed by atoms with van der Waals surface area (Å²) in [4.78, 5) is 22.7. The van der Waals surface area contributed by atoms with E-state index in [-0.39, 0.29) is 11.9 Å². The number of carbonyl (C=O) groups excluding carboxylic acids is 2. The molecule has 0 aliphatic heterocycles. The number of aromatic nitrogens is 4. The number of urea groups is 1. The quantitative estimate of drug-likeness (QED) is 0.628. The largest absolute Gasteiger partial charge is 0.341 e. The first-order chi connectivity index (χ1) is 9.19. The second-order valence-corrected chi connectivity index (χ2v) is 3.47. The van der Waals surface area contributed by atoms with Crippen LogP contribution < -0.4 is 16.0 Å². The molecule has 0 saturated carbocycles. The van der Waals surface area contributed by atoms with Gasteiger partial charge in [0, 0.05) is 18.4 Å². The van der Waals surface area contributed by atoms with Crippen molar-refractivity contribution in [2.24, 2.45) is 0 Å². The Kier molecular flexibility index (Phi) is 3.67. The van der Waals surface area contributed by atoms with Gasteiger partial charge in [0.15, 0.2) is 0 Å². The second-order valence-electron chi connectivity index (χ2n) is 3.47. The Hall–Kier alpha value is -2.97. The summed E-state index contributed by atoms with van der Waals surface area (Å²) in [6, 6.07) is 6.28. The molecule has 4 N–H and O–H groups in total. The molecule has 2 rings (SSSR count). The molecular weight excluding hydrogens is 250 g/mol. The normalized spacial score (nSPS) is 9.74. The summed E-state index contributed by atoms with van der Waals surface area (Å²) in [6.45, 7) is 0. The van der Waals surface area contributed by atoms with Crippen LogP contribution in [-0.2, 0) is 0 Å². The highest BCUT2D eigenvalue weighted by molar-refractivity contribution is 6.01. The maximum atomic E-state index is 11.6. The van der Waals surface area contributed by atoms with Crippen molar-refractivity contribution >= 4 is 23.3 Å². The molecule has 1 aromatic heterocycles. The van der Waals surface area contributed by atoms with E-state index in [0.29, 0.717) is 11.4 Å². The van der Waals surface area contributed by atoms with Crippen LogP contribution in [0.25, 0.3) is 0 Å². The third kappa shape index (κ3) is 3.25. The Morgan fingerprint density at radius 3 is 2.26 bits per heavy atom. The lowest BCUT2D eigenvalue weighted by Crippen LogP contribution is -2.24. The Morgan fingerprint density at radius 1 is 1.11 bits per heavy atom. The van der Waals surface area contributed by atoms with Gasteiger partial charge in [-0.1, -0.05) is 0 Å². The minimum absolute atomic E-state index is 0.0486. The van der Waals surface area contributed by atoms with Crippen LogP contribution in [0.1, 0.15) is 10.6 Å². The highest BCUT2D eigenvalue weighted by Crippen LogP contribution is 2.13. The predicted molar refractivity (Wildman–Crippen MR) is 66.7 cm³/mol. The highest BCUT2D eigenvalue weighted by Gasteiger charge is 2.10. The van der Waals surface area contributed by atoms with Gasteiger partial charge in [-0.3, -0.25) is 4.79 Å². The van der Waals surface area contributed by atoms with Crippen LogP contribution >= 0.6 is 0 Å². The van der Waals surface area contributed by atoms with Crippen molar-refractivity contribution in [2.45, 2.75) is 0 Å². The molecule has 9 nitrogen and oxygen atoms in total. The van der Waals surface area contributed by atoms with Gasteiger partial charge in [0.05, 0.1) is 0 Å². The summed E-state index contributed by atoms with van der Waals surface area (Å²) in [5.41, 5.74) is 1.16. The summed E-state index contributed by atoms with van der Waals surface area (Å²) in [7, 11) is 1.52. The van der Waals surface area contributed by atoms with E-state index in [0.717, 1.165) is 0 Å². The first kappa shape index (κ1) is 12.5. The molecule has 0 atom stereocenters. The van der Waals surface area contributed by atoms with Gasteiger partial charge < -0.3 is 16.0 Å². The number of nitrogens with one attached hydrogen (secondary N) is 4. The van der Waals surface area contributed by atoms with Crippen LogP contribution in [0.5, 0.6) is 0 Å². The molecule has 0 radical (unpaired) electrons. The molecule has 0 saturated heterocycles. The molecule has 0 unspecified atom stereocenters. The van der Waals surface area contributed by atoms with Crippen LogP contribution in [0, 0.1) is 0 Å². The minimum Gasteiger partial charge on any atom is -0.341 e. The third-order valence-electron chi connectivity index (χ3n) is 2.18. The van der Waals surface area contributed by atoms with E-state index in [9.17, 15) is 9.59 Å². The van der Waals surface area contributed by atoms with E-state index in [4.69, 9.17) is 0 Å². The molecule has 0 bridgehead atoms. The van der Waals surface area contributed by atoms with Crippen molar-refractivity contribution in [1.29, 1.82) is 0 Å². The van der Waals surface area contributed by atoms with E-state index >= 15 is 0 Å². The summed E-state index contributed by atoms with van der Waals surface area (Å²) < 4.78 is 0. The molecular formula is C10H11N7O2. The molecule has 98 valence electrons. The molecule has 0 aliphatic carbocycles. The zero-order chi connectivity index (χ0) is 13.7. The minimum atomic E-state index is -0.472. The van der Waals surface area contributed by atoms with Crippen LogP contribution in [-0.4, -0.2) is 39.6 Å². The molecule has 19 heavy (non-hydrogen) atoms. The van der Waals surface area contributed by atoms with Crippen molar-refractivity contribution in [1.82, 2.24) is 25.9 Å². The Labute approximate surface area is 107 Å². The van der Waals surface area contributed by atoms with Crippen molar-refractivity contribution in [2.75, 3.05) is 17.7 Å². The first-order valence-corrected chi connectivity index (χ1v) is 5.32. The Balaban J connectivity index is 1.99. The standard InChI is InChI=1S/C10H11N7O2/c1-11-10(19)13-7-4-2-6(3-5-7)12-9(18)8-14-16-17-15-8/h2-5H,1H3,(H,12,18)(H2,11,13,19)(H,14,15,16,17). The lowest BCUT2D eigenvalue weighted by molar-refractivity contribution is 0.101. The first-order valence-electron chi connectivity index (χ1n) is 5.32. The smallest absolute Gasteiger partial charge is 0.318 e. The molecule has 2 aromatic rings. The molecule has 1 aromatic carbocycles. The summed E-state index contributed by atoms with van der Waals surface area (Å²) >= 11 is 0. The van der Waals surface area contributed by atoms with E-state index in [1.54, 1.807) is 24.3 Å². The summed E-state index contributed by atoms with van der Waals surface area (Å²) in [5.74, 6) is -0.520. The van der Waals surface area contributed by atoms with Crippen LogP contribution in [0.15, 0.2) is 24.3 Å². The maximum Gasteiger partial charge on any atom is 0.318 e. The van der Waals surface area contributed by atoms with Crippen molar-refractivity contribution in [3.05, 3.63) is 30.1 Å². The number of nitrogens with zero attached hydrogens (tertiary/aromatic N) is 3. The number of anilines is 2. The average molecular weight is 261 g/mol. The van der Waals surface area contributed by atoms with E-state index in [2.05, 4.69) is 36.6 Å². The van der Waals surface area contributed by atoms with Gasteiger partial charge in [-0.15, -0.1) is 10.2 Å². The van der Waals surface area contributed by atoms with Gasteiger partial charge in [-0.25, -0.2) is 4.79 Å². The summed E-state index contributed by atoms with van der Waals surface area (Å²) in [5, 5.41) is 20.2. The van der Waals surface area contributed by atoms with Crippen LogP contribution in [0.3, 0.4) is 0 Å². The number of hydrogen-bond donors (Lipinski definition) is 4. The fraction of sp³-hybridized carbons (Fsp3) is 0.100. The van der Waals surface area contributed by atoms with Gasteiger partial charge >= 0.3 is 6.03 Å². The lowest BCUT2D eigenvalue weighted by atomic mass is 10.3. The van der Waals surface area contributed by atoms with E-state index < -0.39 is 5.91 Å². The van der Waals surface area contributed by atoms with Gasteiger partial charge in [0.25, 0.3) is 11.7 Å². The van der Waals surface area contributed by atoms with Crippen LogP contribution in [0.4, 0.5) is 16.2 Å². The third-order valence-corrected chi connectivity index (χ3v) is 2.18. The Morgan fingerprint density at radius 2 is 1.74 bits per heavy atom. The lowest BCUT2D eigenvalue weighted by Gasteiger charge is -2.06. The molecule has 3 amide bonds. The average Bonchev–Trinajstić information content (AvgIpc) is 2.95. The number of carbonyl (C=O) groups is 2. The topological polar surface area (TPSA) is 125 Å². The maximum absolute atomic E-state index is 11.6. The molecule has 1 heterocycles. The fourth-order valence-corrected chi connectivity index (χ4v) is 1.28. The van der Waals surface area contributed by atoms with Crippen molar-refractivity contribution in [3.8, 4) is 0 Å². The second kappa shape index (κ2) is 5.58. The molecule has 0 fully saturated rings. The fourth-order valence-electron chi connectivity index (χ4n) is 1.28. The molecule has 0 spiro atoms. The zero-order valence-electron chi connectivity index (χ0n) is 9.97. The van der Waals surface area contributed by atoms with Gasteiger partial charge in [0.1, 0.15) is 0 Å². The van der Waals surface area contributed by atoms with Gasteiger partial charge in [-0.05, 0) is 29.5 Å². The Bertz CT molecular complexity index is 564. The summed E-state index contributed by atoms with van der Waals surface area (Å²) in [6.07, 6.45) is 0. The van der Waals surface area contributed by atoms with Crippen molar-refractivity contribution < 1.29 is 9.59 Å². The van der Waals surface area contributed by atoms with E-state index in [1.807, 2.05) is 0 Å². The number of benzene rings is 1. The van der Waals surface area contributed by atoms with E-state index in [1.165, 1.54) is 7.05 Å². The number of tetrazole rings is 1. The number of H-pyrrole nitrogens is 1. The SMILES string of the molecule is CNC(=O)Nc1ccc(NC(=O)c2nn[nH]n2)cc1. The number of rotatable bonds is 3. The number of aromatic amines is 1. The number of amides is 3. The zero-order valence-corrected chi connectivity index (χ0v) is 9.97. The highest BCUT2D eigenvalue weighted by atomic mass is 16.2. The molecule has 0 aliphatic rings. The van der Waals surface area contributed by atoms with Crippen LogP contribution in [0.2, 0.25) is 0 Å². The van der Waals surface area contributed by atoms with Gasteiger partial charge in [-0.2, -0.15) is 5.21 Å². The number of hydrogen-bond acceptors (Lipinski definition) is 5. The predicted octanol–water partition coefficient (Wildman–Crippen LogP) is 0.203.